The second kappa shape index (κ2) is 6.01. The summed E-state index contributed by atoms with van der Waals surface area (Å²) in [7, 11) is -3.13. The SMILES string of the molecule is CC[C@@H](C)NCCS(=O)(=O)c1ccccc1. The molecule has 1 aromatic carbocycles. The van der Waals surface area contributed by atoms with Gasteiger partial charge in [-0.05, 0) is 25.5 Å². The lowest BCUT2D eigenvalue weighted by atomic mass is 10.3. The first kappa shape index (κ1) is 13.2. The first-order valence-electron chi connectivity index (χ1n) is 5.57. The minimum atomic E-state index is -3.13. The molecule has 0 saturated heterocycles. The van der Waals surface area contributed by atoms with Crippen LogP contribution in [0, 0.1) is 0 Å². The Morgan fingerprint density at radius 3 is 2.44 bits per heavy atom. The fraction of sp³-hybridized carbons (Fsp3) is 0.500. The predicted molar refractivity (Wildman–Crippen MR) is 66.3 cm³/mol. The fourth-order valence-corrected chi connectivity index (χ4v) is 2.52. The van der Waals surface area contributed by atoms with E-state index in [-0.39, 0.29) is 5.75 Å². The standard InChI is InChI=1S/C12H19NO2S/c1-3-11(2)13-9-10-16(14,15)12-7-5-4-6-8-12/h4-8,11,13H,3,9-10H2,1-2H3/t11-/m1/s1. The van der Waals surface area contributed by atoms with Crippen molar-refractivity contribution in [3.63, 3.8) is 0 Å². The summed E-state index contributed by atoms with van der Waals surface area (Å²) in [6.45, 7) is 4.63. The van der Waals surface area contributed by atoms with Crippen molar-refractivity contribution in [3.8, 4) is 0 Å². The van der Waals surface area contributed by atoms with Gasteiger partial charge in [-0.2, -0.15) is 0 Å². The normalized spacial score (nSPS) is 13.6. The van der Waals surface area contributed by atoms with Crippen LogP contribution in [0.1, 0.15) is 20.3 Å². The van der Waals surface area contributed by atoms with Crippen LogP contribution >= 0.6 is 0 Å². The van der Waals surface area contributed by atoms with E-state index in [9.17, 15) is 8.42 Å². The molecule has 90 valence electrons. The van der Waals surface area contributed by atoms with Crippen molar-refractivity contribution in [1.82, 2.24) is 5.32 Å². The molecule has 3 nitrogen and oxygen atoms in total. The van der Waals surface area contributed by atoms with Crippen LogP contribution < -0.4 is 5.32 Å². The fourth-order valence-electron chi connectivity index (χ4n) is 1.33. The van der Waals surface area contributed by atoms with E-state index in [1.807, 2.05) is 6.07 Å². The molecule has 0 fully saturated rings. The Hall–Kier alpha value is -0.870. The van der Waals surface area contributed by atoms with Crippen LogP contribution in [0.2, 0.25) is 0 Å². The van der Waals surface area contributed by atoms with E-state index in [0.717, 1.165) is 6.42 Å². The highest BCUT2D eigenvalue weighted by atomic mass is 32.2. The molecular weight excluding hydrogens is 222 g/mol. The quantitative estimate of drug-likeness (QED) is 0.826. The third-order valence-electron chi connectivity index (χ3n) is 2.58. The summed E-state index contributed by atoms with van der Waals surface area (Å²) in [5, 5.41) is 3.18. The molecule has 0 aliphatic rings. The summed E-state index contributed by atoms with van der Waals surface area (Å²) in [4.78, 5) is 0.404. The van der Waals surface area contributed by atoms with Crippen LogP contribution in [0.4, 0.5) is 0 Å². The third kappa shape index (κ3) is 3.94. The van der Waals surface area contributed by atoms with E-state index in [1.165, 1.54) is 0 Å². The average molecular weight is 241 g/mol. The second-order valence-corrected chi connectivity index (χ2v) is 6.00. The Kier molecular flexibility index (Phi) is 4.96. The molecule has 1 atom stereocenters. The van der Waals surface area contributed by atoms with Crippen molar-refractivity contribution in [3.05, 3.63) is 30.3 Å². The van der Waals surface area contributed by atoms with Gasteiger partial charge >= 0.3 is 0 Å². The highest BCUT2D eigenvalue weighted by molar-refractivity contribution is 7.91. The number of nitrogens with one attached hydrogen (secondary N) is 1. The first-order chi connectivity index (χ1) is 7.56. The van der Waals surface area contributed by atoms with Crippen molar-refractivity contribution in [2.75, 3.05) is 12.3 Å². The average Bonchev–Trinajstić information content (AvgIpc) is 2.30. The molecule has 1 rings (SSSR count). The Morgan fingerprint density at radius 1 is 1.25 bits per heavy atom. The molecule has 0 spiro atoms. The molecule has 0 aliphatic carbocycles. The van der Waals surface area contributed by atoms with Crippen LogP contribution in [0.25, 0.3) is 0 Å². The van der Waals surface area contributed by atoms with E-state index >= 15 is 0 Å². The molecule has 0 heterocycles. The molecule has 0 saturated carbocycles. The van der Waals surface area contributed by atoms with E-state index in [2.05, 4.69) is 19.2 Å². The summed E-state index contributed by atoms with van der Waals surface area (Å²) in [6.07, 6.45) is 1.01. The van der Waals surface area contributed by atoms with Crippen molar-refractivity contribution in [2.24, 2.45) is 0 Å². The Morgan fingerprint density at radius 2 is 1.88 bits per heavy atom. The van der Waals surface area contributed by atoms with Gasteiger partial charge in [0.15, 0.2) is 9.84 Å². The van der Waals surface area contributed by atoms with E-state index in [1.54, 1.807) is 24.3 Å². The molecule has 1 aromatic rings. The summed E-state index contributed by atoms with van der Waals surface area (Å²) >= 11 is 0. The van der Waals surface area contributed by atoms with Crippen molar-refractivity contribution < 1.29 is 8.42 Å². The van der Waals surface area contributed by atoms with E-state index in [4.69, 9.17) is 0 Å². The van der Waals surface area contributed by atoms with Gasteiger partial charge in [0.25, 0.3) is 0 Å². The molecule has 0 aromatic heterocycles. The van der Waals surface area contributed by atoms with Gasteiger partial charge in [0.05, 0.1) is 10.6 Å². The van der Waals surface area contributed by atoms with Crippen LogP contribution in [0.15, 0.2) is 35.2 Å². The first-order valence-corrected chi connectivity index (χ1v) is 7.22. The number of hydrogen-bond donors (Lipinski definition) is 1. The lowest BCUT2D eigenvalue weighted by Crippen LogP contribution is -2.30. The molecule has 0 radical (unpaired) electrons. The number of rotatable bonds is 6. The molecular formula is C12H19NO2S. The second-order valence-electron chi connectivity index (χ2n) is 3.90. The molecule has 4 heteroatoms. The summed E-state index contributed by atoms with van der Waals surface area (Å²) in [5.41, 5.74) is 0. The molecule has 0 amide bonds. The topological polar surface area (TPSA) is 46.2 Å². The van der Waals surface area contributed by atoms with Crippen LogP contribution in [-0.4, -0.2) is 26.8 Å². The number of benzene rings is 1. The van der Waals surface area contributed by atoms with Crippen molar-refractivity contribution >= 4 is 9.84 Å². The Labute approximate surface area is 97.8 Å². The Bertz CT molecular complexity index is 400. The zero-order valence-corrected chi connectivity index (χ0v) is 10.6. The zero-order valence-electron chi connectivity index (χ0n) is 9.81. The van der Waals surface area contributed by atoms with Gasteiger partial charge in [-0.15, -0.1) is 0 Å². The highest BCUT2D eigenvalue weighted by Gasteiger charge is 2.13. The lowest BCUT2D eigenvalue weighted by Gasteiger charge is -2.11. The minimum Gasteiger partial charge on any atom is -0.313 e. The van der Waals surface area contributed by atoms with Gasteiger partial charge in [-0.1, -0.05) is 25.1 Å². The van der Waals surface area contributed by atoms with Crippen molar-refractivity contribution in [2.45, 2.75) is 31.2 Å². The van der Waals surface area contributed by atoms with Crippen LogP contribution in [0.5, 0.6) is 0 Å². The monoisotopic (exact) mass is 241 g/mol. The maximum Gasteiger partial charge on any atom is 0.179 e. The van der Waals surface area contributed by atoms with Gasteiger partial charge in [0.1, 0.15) is 0 Å². The summed E-state index contributed by atoms with van der Waals surface area (Å²) in [6, 6.07) is 8.95. The largest absolute Gasteiger partial charge is 0.313 e. The molecule has 0 aliphatic heterocycles. The van der Waals surface area contributed by atoms with Crippen molar-refractivity contribution in [1.29, 1.82) is 0 Å². The lowest BCUT2D eigenvalue weighted by molar-refractivity contribution is 0.544. The van der Waals surface area contributed by atoms with E-state index in [0.29, 0.717) is 17.5 Å². The summed E-state index contributed by atoms with van der Waals surface area (Å²) < 4.78 is 23.7. The molecule has 0 bridgehead atoms. The Balaban J connectivity index is 2.54. The zero-order chi connectivity index (χ0) is 12.0. The van der Waals surface area contributed by atoms with Gasteiger partial charge in [0.2, 0.25) is 0 Å². The highest BCUT2D eigenvalue weighted by Crippen LogP contribution is 2.09. The molecule has 16 heavy (non-hydrogen) atoms. The summed E-state index contributed by atoms with van der Waals surface area (Å²) in [5.74, 6) is 0.154. The van der Waals surface area contributed by atoms with Crippen LogP contribution in [-0.2, 0) is 9.84 Å². The van der Waals surface area contributed by atoms with Gasteiger partial charge in [-0.25, -0.2) is 8.42 Å². The maximum absolute atomic E-state index is 11.9. The molecule has 1 N–H and O–H groups in total. The maximum atomic E-state index is 11.9. The van der Waals surface area contributed by atoms with Crippen LogP contribution in [0.3, 0.4) is 0 Å². The third-order valence-corrected chi connectivity index (χ3v) is 4.31. The van der Waals surface area contributed by atoms with Gasteiger partial charge < -0.3 is 5.32 Å². The minimum absolute atomic E-state index is 0.154. The van der Waals surface area contributed by atoms with E-state index < -0.39 is 9.84 Å². The number of hydrogen-bond acceptors (Lipinski definition) is 3. The molecule has 0 unspecified atom stereocenters. The smallest absolute Gasteiger partial charge is 0.179 e. The van der Waals surface area contributed by atoms with Gasteiger partial charge in [0, 0.05) is 12.6 Å². The van der Waals surface area contributed by atoms with Gasteiger partial charge in [-0.3, -0.25) is 0 Å². The predicted octanol–water partition coefficient (Wildman–Crippen LogP) is 1.85. The number of sulfone groups is 1.